The molecule has 3 atom stereocenters. The number of allylic oxidation sites excluding steroid dienone is 19. The molecule has 6 aliphatic rings. The molecule has 0 amide bonds. The summed E-state index contributed by atoms with van der Waals surface area (Å²) in [5.74, 6) is 0.226. The SMILES string of the molecule is CCC1(C)OB(c2ccc(N(C3=CC=C(/C=C/C4=CC=C(/C=C/c5ccc(N(c6ccc(B(O)OC(C)(C)C(C)C)cc6)c6ccc(B7OC(C)(C)C(C)(C)O7)cc6)cc5)CC=C4)CC=C3)C3=CC=C(B4OC(C)(CC)C(C)(CC)O4)C=CC3)cc2)OC1(C)C. The van der Waals surface area contributed by atoms with Crippen LogP contribution in [-0.2, 0) is 32.6 Å². The summed E-state index contributed by atoms with van der Waals surface area (Å²) in [5.41, 5.74) is 11.4. The standard InChI is InChI=1S/C76H94B4N2O8/c1-17-74(14)73(12,13)87-79(88-74)63-43-53-68(54-44-63)81(65-28-22-26-61(40-50-65)80-89-75(15,18-2)76(16,19-3)90-80)64-27-21-25-58(35-45-64)32-31-56-23-20-24-57(30-29-56)33-34-59-36-46-66(47-37-59)82(67-48-38-60(39-49-67)77(83)84-70(6,7)55(4)5)69-51-41-62(42-52-69)78-85-71(8,9)72(10,11)86-78/h20-23,26-27,29-55,83H,17-19,24-25,28H2,1-16H3/b32-31+,34-33+. The van der Waals surface area contributed by atoms with Gasteiger partial charge in [-0.2, -0.15) is 0 Å². The van der Waals surface area contributed by atoms with Crippen molar-refractivity contribution in [2.45, 2.75) is 189 Å². The van der Waals surface area contributed by atoms with Crippen molar-refractivity contribution >= 4 is 73.7 Å². The van der Waals surface area contributed by atoms with Crippen LogP contribution in [0.3, 0.4) is 0 Å². The van der Waals surface area contributed by atoms with Gasteiger partial charge in [0.1, 0.15) is 0 Å². The lowest BCUT2D eigenvalue weighted by Gasteiger charge is -2.37. The maximum Gasteiger partial charge on any atom is 0.494 e. The Morgan fingerprint density at radius 1 is 0.500 bits per heavy atom. The number of anilines is 4. The van der Waals surface area contributed by atoms with Crippen molar-refractivity contribution < 1.29 is 37.6 Å². The van der Waals surface area contributed by atoms with Gasteiger partial charge in [-0.3, -0.25) is 0 Å². The van der Waals surface area contributed by atoms with Crippen LogP contribution in [0.15, 0.2) is 222 Å². The zero-order valence-electron chi connectivity index (χ0n) is 56.3. The first-order valence-electron chi connectivity index (χ1n) is 32.7. The van der Waals surface area contributed by atoms with Crippen molar-refractivity contribution in [2.75, 3.05) is 9.80 Å². The Balaban J connectivity index is 0.860. The van der Waals surface area contributed by atoms with Crippen LogP contribution in [0.1, 0.15) is 155 Å². The van der Waals surface area contributed by atoms with E-state index in [1.54, 1.807) is 0 Å². The van der Waals surface area contributed by atoms with E-state index in [9.17, 15) is 5.02 Å². The summed E-state index contributed by atoms with van der Waals surface area (Å²) in [6.45, 7) is 33.8. The number of hydrogen-bond donors (Lipinski definition) is 1. The number of hydrogen-bond acceptors (Lipinski definition) is 10. The Bertz CT molecular complexity index is 3550. The number of benzene rings is 4. The fourth-order valence-electron chi connectivity index (χ4n) is 11.9. The predicted octanol–water partition coefficient (Wildman–Crippen LogP) is 16.1. The third kappa shape index (κ3) is 14.1. The van der Waals surface area contributed by atoms with Crippen molar-refractivity contribution in [3.05, 3.63) is 227 Å². The van der Waals surface area contributed by atoms with Gasteiger partial charge in [-0.25, -0.2) is 0 Å². The van der Waals surface area contributed by atoms with Gasteiger partial charge in [0.05, 0.1) is 39.2 Å². The summed E-state index contributed by atoms with van der Waals surface area (Å²) >= 11 is 0. The summed E-state index contributed by atoms with van der Waals surface area (Å²) in [5, 5.41) is 11.1. The van der Waals surface area contributed by atoms with Crippen molar-refractivity contribution in [1.29, 1.82) is 0 Å². The minimum absolute atomic E-state index is 0.226. The molecule has 4 aromatic carbocycles. The van der Waals surface area contributed by atoms with Crippen LogP contribution in [0.5, 0.6) is 0 Å². The quantitative estimate of drug-likeness (QED) is 0.0863. The van der Waals surface area contributed by atoms with E-state index in [-0.39, 0.29) is 17.1 Å². The molecule has 3 heterocycles. The van der Waals surface area contributed by atoms with Gasteiger partial charge < -0.3 is 47.4 Å². The van der Waals surface area contributed by atoms with Gasteiger partial charge in [-0.15, -0.1) is 0 Å². The Morgan fingerprint density at radius 3 is 1.51 bits per heavy atom. The van der Waals surface area contributed by atoms with E-state index in [1.807, 2.05) is 38.1 Å². The molecule has 14 heteroatoms. The highest BCUT2D eigenvalue weighted by atomic mass is 16.7. The minimum Gasteiger partial charge on any atom is -0.423 e. The van der Waals surface area contributed by atoms with E-state index in [2.05, 4.69) is 277 Å². The topological polar surface area (TPSA) is 91.3 Å². The average Bonchev–Trinajstić information content (AvgIpc) is 1.61. The highest BCUT2D eigenvalue weighted by molar-refractivity contribution is 6.62. The van der Waals surface area contributed by atoms with Gasteiger partial charge in [-0.1, -0.05) is 162 Å². The number of nitrogens with zero attached hydrogens (tertiary/aromatic N) is 2. The van der Waals surface area contributed by atoms with Crippen molar-refractivity contribution in [3.8, 4) is 0 Å². The molecule has 3 aliphatic carbocycles. The minimum atomic E-state index is -1.05. The normalized spacial score (nSPS) is 24.0. The van der Waals surface area contributed by atoms with Crippen molar-refractivity contribution in [1.82, 2.24) is 0 Å². The smallest absolute Gasteiger partial charge is 0.423 e. The Morgan fingerprint density at radius 2 is 0.967 bits per heavy atom. The van der Waals surface area contributed by atoms with Gasteiger partial charge >= 0.3 is 28.5 Å². The van der Waals surface area contributed by atoms with Crippen molar-refractivity contribution in [3.63, 3.8) is 0 Å². The summed E-state index contributed by atoms with van der Waals surface area (Å²) in [6, 6.07) is 33.6. The zero-order chi connectivity index (χ0) is 64.4. The first-order chi connectivity index (χ1) is 42.7. The third-order valence-corrected chi connectivity index (χ3v) is 20.6. The molecule has 3 fully saturated rings. The Kier molecular flexibility index (Phi) is 19.7. The van der Waals surface area contributed by atoms with Crippen LogP contribution in [0, 0.1) is 5.92 Å². The Hall–Kier alpha value is -6.44. The molecule has 10 nitrogen and oxygen atoms in total. The molecule has 1 N–H and O–H groups in total. The lowest BCUT2D eigenvalue weighted by Crippen LogP contribution is -2.46. The van der Waals surface area contributed by atoms with E-state index >= 15 is 0 Å². The summed E-state index contributed by atoms with van der Waals surface area (Å²) in [6.07, 6.45) is 40.3. The average molecular weight is 1210 g/mol. The van der Waals surface area contributed by atoms with Crippen LogP contribution < -0.4 is 26.2 Å². The van der Waals surface area contributed by atoms with Gasteiger partial charge in [0, 0.05) is 40.6 Å². The highest BCUT2D eigenvalue weighted by Crippen LogP contribution is 2.45. The molecule has 468 valence electrons. The molecule has 10 rings (SSSR count). The lowest BCUT2D eigenvalue weighted by atomic mass is 9.77. The summed E-state index contributed by atoms with van der Waals surface area (Å²) in [4.78, 5) is 4.58. The summed E-state index contributed by atoms with van der Waals surface area (Å²) < 4.78 is 45.5. The molecular weight excluding hydrogens is 1110 g/mol. The first-order valence-corrected chi connectivity index (χ1v) is 32.7. The molecule has 90 heavy (non-hydrogen) atoms. The first kappa shape index (κ1) is 66.5. The van der Waals surface area contributed by atoms with Crippen LogP contribution in [0.25, 0.3) is 6.08 Å². The maximum absolute atomic E-state index is 11.1. The van der Waals surface area contributed by atoms with E-state index in [0.29, 0.717) is 11.9 Å². The van der Waals surface area contributed by atoms with Crippen molar-refractivity contribution in [2.24, 2.45) is 5.92 Å². The van der Waals surface area contributed by atoms with Crippen LogP contribution in [-0.4, -0.2) is 72.7 Å². The Labute approximate surface area is 540 Å². The number of rotatable bonds is 20. The highest BCUT2D eigenvalue weighted by Gasteiger charge is 2.56. The molecule has 0 bridgehead atoms. The predicted molar refractivity (Wildman–Crippen MR) is 377 cm³/mol. The third-order valence-electron chi connectivity index (χ3n) is 20.6. The van der Waals surface area contributed by atoms with E-state index < -0.39 is 56.5 Å². The zero-order valence-corrected chi connectivity index (χ0v) is 56.3. The second kappa shape index (κ2) is 26.6. The molecule has 3 aliphatic heterocycles. The largest absolute Gasteiger partial charge is 0.494 e. The van der Waals surface area contributed by atoms with Gasteiger partial charge in [0.25, 0.3) is 0 Å². The lowest BCUT2D eigenvalue weighted by molar-refractivity contribution is -0.0281. The van der Waals surface area contributed by atoms with Crippen LogP contribution in [0.2, 0.25) is 0 Å². The molecule has 0 aromatic heterocycles. The fraction of sp³-hybridized carbons (Fsp3) is 0.395. The van der Waals surface area contributed by atoms with Crippen LogP contribution >= 0.6 is 0 Å². The maximum atomic E-state index is 11.1. The van der Waals surface area contributed by atoms with Gasteiger partial charge in [-0.05, 0) is 225 Å². The molecule has 3 unspecified atom stereocenters. The molecule has 0 radical (unpaired) electrons. The molecule has 0 saturated carbocycles. The molecule has 3 saturated heterocycles. The molecular formula is C76H94B4N2O8. The second-order valence-corrected chi connectivity index (χ2v) is 27.8. The fourth-order valence-corrected chi connectivity index (χ4v) is 11.9. The van der Waals surface area contributed by atoms with E-state index in [4.69, 9.17) is 32.6 Å². The van der Waals surface area contributed by atoms with E-state index in [0.717, 1.165) is 93.8 Å². The molecule has 4 aromatic rings. The monoisotopic (exact) mass is 1210 g/mol. The van der Waals surface area contributed by atoms with E-state index in [1.165, 1.54) is 11.1 Å². The second-order valence-electron chi connectivity index (χ2n) is 27.8. The van der Waals surface area contributed by atoms with Gasteiger partial charge in [0.15, 0.2) is 0 Å². The van der Waals surface area contributed by atoms with Gasteiger partial charge in [0.2, 0.25) is 0 Å². The summed E-state index contributed by atoms with van der Waals surface area (Å²) in [7, 11) is -2.42. The molecule has 0 spiro atoms. The van der Waals surface area contributed by atoms with Crippen LogP contribution in [0.4, 0.5) is 22.7 Å².